The second kappa shape index (κ2) is 7.63. The van der Waals surface area contributed by atoms with Crippen molar-refractivity contribution < 1.29 is 4.74 Å². The topological polar surface area (TPSA) is 165 Å². The van der Waals surface area contributed by atoms with E-state index >= 15 is 0 Å². The molecule has 0 bridgehead atoms. The first kappa shape index (κ1) is 20.7. The summed E-state index contributed by atoms with van der Waals surface area (Å²) in [5.74, 6) is 0. The number of benzene rings is 2. The Morgan fingerprint density at radius 2 is 0.935 bits per heavy atom. The Balaban J connectivity index is 1.80. The molecule has 0 radical (unpaired) electrons. The average Bonchev–Trinajstić information content (AvgIpc) is 2.73. The van der Waals surface area contributed by atoms with E-state index in [9.17, 15) is 0 Å². The van der Waals surface area contributed by atoms with Gasteiger partial charge in [-0.05, 0) is 35.4 Å². The third-order valence-corrected chi connectivity index (χ3v) is 5.77. The maximum Gasteiger partial charge on any atom is 0.123 e. The fourth-order valence-electron chi connectivity index (χ4n) is 4.32. The van der Waals surface area contributed by atoms with Crippen LogP contribution in [0.2, 0.25) is 0 Å². The molecule has 160 valence electrons. The van der Waals surface area contributed by atoms with Gasteiger partial charge in [0.25, 0.3) is 0 Å². The minimum Gasteiger partial charge on any atom is -0.400 e. The lowest BCUT2D eigenvalue weighted by molar-refractivity contribution is -0.0358. The second-order valence-electron chi connectivity index (χ2n) is 8.07. The van der Waals surface area contributed by atoms with Gasteiger partial charge < -0.3 is 39.1 Å². The van der Waals surface area contributed by atoms with Gasteiger partial charge in [0.15, 0.2) is 0 Å². The highest BCUT2D eigenvalue weighted by molar-refractivity contribution is 5.46. The van der Waals surface area contributed by atoms with E-state index in [1.165, 1.54) is 0 Å². The van der Waals surface area contributed by atoms with Gasteiger partial charge in [-0.1, -0.05) is 60.7 Å². The fourth-order valence-corrected chi connectivity index (χ4v) is 4.32. The van der Waals surface area contributed by atoms with Gasteiger partial charge in [-0.25, -0.2) is 0 Å². The van der Waals surface area contributed by atoms with Crippen molar-refractivity contribution in [2.75, 3.05) is 0 Å². The van der Waals surface area contributed by atoms with Crippen molar-refractivity contribution in [3.63, 3.8) is 0 Å². The zero-order chi connectivity index (χ0) is 22.2. The lowest BCUT2D eigenvalue weighted by Crippen LogP contribution is -2.59. The van der Waals surface area contributed by atoms with Crippen molar-refractivity contribution in [2.24, 2.45) is 34.4 Å². The molecule has 0 saturated heterocycles. The van der Waals surface area contributed by atoms with Crippen molar-refractivity contribution in [2.45, 2.75) is 23.3 Å². The highest BCUT2D eigenvalue weighted by Gasteiger charge is 2.47. The first-order chi connectivity index (χ1) is 14.7. The molecule has 4 atom stereocenters. The summed E-state index contributed by atoms with van der Waals surface area (Å²) in [6, 6.07) is 19.0. The molecule has 7 heteroatoms. The average molecular weight is 417 g/mol. The van der Waals surface area contributed by atoms with E-state index in [0.29, 0.717) is 22.8 Å². The first-order valence-electron chi connectivity index (χ1n) is 9.99. The van der Waals surface area contributed by atoms with E-state index in [1.54, 1.807) is 24.3 Å². The summed E-state index contributed by atoms with van der Waals surface area (Å²) in [5.41, 5.74) is 39.8. The predicted octanol–water partition coefficient (Wildman–Crippen LogP) is 0.846. The maximum atomic E-state index is 6.88. The number of hydrogen-bond acceptors (Lipinski definition) is 7. The van der Waals surface area contributed by atoms with E-state index < -0.39 is 23.3 Å². The minimum atomic E-state index is -1.12. The predicted molar refractivity (Wildman–Crippen MR) is 122 cm³/mol. The van der Waals surface area contributed by atoms with Crippen LogP contribution in [0.3, 0.4) is 0 Å². The standard InChI is InChI=1S/C24H28N6O/c25-17-11-19(27)21(23(29,13-17)15-7-3-1-4-8-15)31-22-20(28)12-18(26)14-24(22,30)16-9-5-2-6-10-16/h1-14,21-22H,25-30H2. The summed E-state index contributed by atoms with van der Waals surface area (Å²) >= 11 is 0. The van der Waals surface area contributed by atoms with Gasteiger partial charge >= 0.3 is 0 Å². The van der Waals surface area contributed by atoms with E-state index in [4.69, 9.17) is 39.1 Å². The quantitative estimate of drug-likeness (QED) is 0.430. The maximum absolute atomic E-state index is 6.88. The summed E-state index contributed by atoms with van der Waals surface area (Å²) in [6.07, 6.45) is 5.25. The molecule has 4 rings (SSSR count). The fraction of sp³-hybridized carbons (Fsp3) is 0.167. The van der Waals surface area contributed by atoms with Crippen LogP contribution in [-0.4, -0.2) is 12.2 Å². The van der Waals surface area contributed by atoms with Crippen molar-refractivity contribution in [1.82, 2.24) is 0 Å². The number of ether oxygens (including phenoxy) is 1. The van der Waals surface area contributed by atoms with E-state index in [2.05, 4.69) is 0 Å². The molecule has 2 aliphatic rings. The van der Waals surface area contributed by atoms with Crippen molar-refractivity contribution in [1.29, 1.82) is 0 Å². The molecule has 2 aromatic carbocycles. The molecule has 0 fully saturated rings. The monoisotopic (exact) mass is 416 g/mol. The smallest absolute Gasteiger partial charge is 0.123 e. The van der Waals surface area contributed by atoms with Crippen molar-refractivity contribution >= 4 is 0 Å². The van der Waals surface area contributed by atoms with Crippen LogP contribution in [0.25, 0.3) is 0 Å². The van der Waals surface area contributed by atoms with Gasteiger partial charge in [0.2, 0.25) is 0 Å². The SMILES string of the molecule is NC1=CC(N)(c2ccccc2)C(OC2C(N)=CC(N)=CC2(N)c2ccccc2)C(N)=C1. The zero-order valence-corrected chi connectivity index (χ0v) is 17.1. The molecule has 0 aliphatic heterocycles. The summed E-state index contributed by atoms with van der Waals surface area (Å²) in [7, 11) is 0. The number of allylic oxidation sites excluding steroid dienone is 2. The molecule has 2 aliphatic carbocycles. The largest absolute Gasteiger partial charge is 0.400 e. The molecular formula is C24H28N6O. The van der Waals surface area contributed by atoms with Crippen molar-refractivity contribution in [3.05, 3.63) is 119 Å². The summed E-state index contributed by atoms with van der Waals surface area (Å²) in [4.78, 5) is 0. The Labute approximate surface area is 181 Å². The Morgan fingerprint density at radius 1 is 0.581 bits per heavy atom. The molecule has 0 spiro atoms. The Hall–Kier alpha value is -3.52. The number of nitrogens with two attached hydrogens (primary N) is 6. The van der Waals surface area contributed by atoms with Gasteiger partial charge in [-0.15, -0.1) is 0 Å². The highest BCUT2D eigenvalue weighted by atomic mass is 16.5. The van der Waals surface area contributed by atoms with Gasteiger partial charge in [-0.2, -0.15) is 0 Å². The molecular weight excluding hydrogens is 388 g/mol. The summed E-state index contributed by atoms with van der Waals surface area (Å²) in [6.45, 7) is 0. The molecule has 0 saturated carbocycles. The number of rotatable bonds is 4. The van der Waals surface area contributed by atoms with Crippen LogP contribution in [0.1, 0.15) is 11.1 Å². The zero-order valence-electron chi connectivity index (χ0n) is 17.1. The molecule has 0 amide bonds. The van der Waals surface area contributed by atoms with E-state index in [-0.39, 0.29) is 0 Å². The molecule has 7 nitrogen and oxygen atoms in total. The van der Waals surface area contributed by atoms with Crippen LogP contribution in [0.5, 0.6) is 0 Å². The molecule has 0 aromatic heterocycles. The molecule has 0 heterocycles. The summed E-state index contributed by atoms with van der Waals surface area (Å²) < 4.78 is 6.56. The van der Waals surface area contributed by atoms with Crippen LogP contribution >= 0.6 is 0 Å². The first-order valence-corrected chi connectivity index (χ1v) is 9.99. The van der Waals surface area contributed by atoms with E-state index in [1.807, 2.05) is 60.7 Å². The van der Waals surface area contributed by atoms with Crippen LogP contribution in [0, 0.1) is 0 Å². The van der Waals surface area contributed by atoms with Gasteiger partial charge in [0.05, 0.1) is 11.1 Å². The van der Waals surface area contributed by atoms with Crippen LogP contribution in [-0.2, 0) is 15.8 Å². The minimum absolute atomic E-state index is 0.386. The molecule has 12 N–H and O–H groups in total. The van der Waals surface area contributed by atoms with Crippen LogP contribution in [0.4, 0.5) is 0 Å². The van der Waals surface area contributed by atoms with Crippen molar-refractivity contribution in [3.8, 4) is 0 Å². The number of hydrogen-bond donors (Lipinski definition) is 6. The van der Waals surface area contributed by atoms with Gasteiger partial charge in [0.1, 0.15) is 12.2 Å². The second-order valence-corrected chi connectivity index (χ2v) is 8.07. The third kappa shape index (κ3) is 3.59. The van der Waals surface area contributed by atoms with E-state index in [0.717, 1.165) is 11.1 Å². The Kier molecular flexibility index (Phi) is 5.10. The molecule has 31 heavy (non-hydrogen) atoms. The molecule has 2 aromatic rings. The lowest BCUT2D eigenvalue weighted by Gasteiger charge is -2.45. The highest BCUT2D eigenvalue weighted by Crippen LogP contribution is 2.39. The van der Waals surface area contributed by atoms with Crippen LogP contribution < -0.4 is 34.4 Å². The Morgan fingerprint density at radius 3 is 1.29 bits per heavy atom. The third-order valence-electron chi connectivity index (χ3n) is 5.77. The lowest BCUT2D eigenvalue weighted by atomic mass is 9.77. The van der Waals surface area contributed by atoms with Gasteiger partial charge in [0, 0.05) is 22.8 Å². The summed E-state index contributed by atoms with van der Waals surface area (Å²) in [5, 5.41) is 0. The van der Waals surface area contributed by atoms with Gasteiger partial charge in [-0.3, -0.25) is 0 Å². The van der Waals surface area contributed by atoms with Crippen LogP contribution in [0.15, 0.2) is 108 Å². The normalized spacial score (nSPS) is 30.6. The Bertz CT molecular complexity index is 1000. The molecule has 4 unspecified atom stereocenters.